The van der Waals surface area contributed by atoms with Crippen LogP contribution in [-0.4, -0.2) is 20.1 Å². The number of fused-ring (bicyclic) bond motifs is 1. The van der Waals surface area contributed by atoms with E-state index in [-0.39, 0.29) is 5.75 Å². The van der Waals surface area contributed by atoms with Crippen LogP contribution in [0.3, 0.4) is 0 Å². The van der Waals surface area contributed by atoms with Crippen LogP contribution in [0.2, 0.25) is 5.02 Å². The quantitative estimate of drug-likeness (QED) is 0.733. The Morgan fingerprint density at radius 1 is 1.18 bits per heavy atom. The Bertz CT molecular complexity index is 665. The average Bonchev–Trinajstić information content (AvgIpc) is 2.75. The van der Waals surface area contributed by atoms with E-state index in [1.165, 1.54) is 11.3 Å². The van der Waals surface area contributed by atoms with E-state index in [9.17, 15) is 5.11 Å². The molecule has 2 heterocycles. The van der Waals surface area contributed by atoms with E-state index in [4.69, 9.17) is 11.6 Å². The van der Waals surface area contributed by atoms with Gasteiger partial charge in [0.15, 0.2) is 10.5 Å². The number of hydrogen-bond acceptors (Lipinski definition) is 5. The van der Waals surface area contributed by atoms with Gasteiger partial charge < -0.3 is 5.11 Å². The van der Waals surface area contributed by atoms with Crippen molar-refractivity contribution < 1.29 is 5.11 Å². The Kier molecular flexibility index (Phi) is 2.42. The molecule has 0 bridgehead atoms. The van der Waals surface area contributed by atoms with Gasteiger partial charge in [0.25, 0.3) is 0 Å². The lowest BCUT2D eigenvalue weighted by Crippen LogP contribution is -1.79. The van der Waals surface area contributed by atoms with Gasteiger partial charge in [-0.2, -0.15) is 0 Å². The summed E-state index contributed by atoms with van der Waals surface area (Å²) in [7, 11) is 0. The van der Waals surface area contributed by atoms with Crippen molar-refractivity contribution in [3.05, 3.63) is 35.6 Å². The van der Waals surface area contributed by atoms with Gasteiger partial charge in [-0.3, -0.25) is 0 Å². The smallest absolute Gasteiger partial charge is 0.190 e. The molecule has 2 aromatic heterocycles. The lowest BCUT2D eigenvalue weighted by molar-refractivity contribution is 0.477. The van der Waals surface area contributed by atoms with Crippen molar-refractivity contribution in [3.63, 3.8) is 0 Å². The molecule has 17 heavy (non-hydrogen) atoms. The van der Waals surface area contributed by atoms with Crippen molar-refractivity contribution in [1.29, 1.82) is 0 Å². The number of thiazole rings is 1. The molecule has 0 atom stereocenters. The molecule has 1 aromatic carbocycles. The van der Waals surface area contributed by atoms with Crippen molar-refractivity contribution in [3.8, 4) is 16.3 Å². The molecule has 0 fully saturated rings. The van der Waals surface area contributed by atoms with E-state index in [1.807, 2.05) is 0 Å². The fraction of sp³-hybridized carbons (Fsp3) is 0. The van der Waals surface area contributed by atoms with Crippen LogP contribution in [0.4, 0.5) is 0 Å². The average molecular weight is 264 g/mol. The highest BCUT2D eigenvalue weighted by atomic mass is 35.5. The molecule has 6 heteroatoms. The van der Waals surface area contributed by atoms with E-state index in [2.05, 4.69) is 15.0 Å². The zero-order valence-electron chi connectivity index (χ0n) is 8.46. The van der Waals surface area contributed by atoms with Crippen LogP contribution in [0.25, 0.3) is 21.0 Å². The second kappa shape index (κ2) is 3.94. The number of rotatable bonds is 1. The summed E-state index contributed by atoms with van der Waals surface area (Å²) >= 11 is 7.27. The van der Waals surface area contributed by atoms with Gasteiger partial charge in [0.2, 0.25) is 0 Å². The highest BCUT2D eigenvalue weighted by molar-refractivity contribution is 7.21. The van der Waals surface area contributed by atoms with Crippen molar-refractivity contribution in [2.24, 2.45) is 0 Å². The summed E-state index contributed by atoms with van der Waals surface area (Å²) in [6, 6.07) is 4.85. The van der Waals surface area contributed by atoms with Crippen molar-refractivity contribution in [2.45, 2.75) is 0 Å². The number of aromatic hydroxyl groups is 1. The Labute approximate surface area is 106 Å². The molecular formula is C11H6ClN3OS. The monoisotopic (exact) mass is 263 g/mol. The standard InChI is InChI=1S/C11H6ClN3OS/c12-6-1-2-8(16)7(5-6)10-15-9-11(17-10)14-4-3-13-9/h1-5,16H. The number of phenolic OH excluding ortho intramolecular Hbond substituents is 1. The third kappa shape index (κ3) is 1.83. The first-order chi connectivity index (χ1) is 8.24. The Morgan fingerprint density at radius 2 is 2.00 bits per heavy atom. The minimum atomic E-state index is 0.147. The van der Waals surface area contributed by atoms with Crippen LogP contribution < -0.4 is 0 Å². The van der Waals surface area contributed by atoms with Crippen molar-refractivity contribution in [2.75, 3.05) is 0 Å². The third-order valence-electron chi connectivity index (χ3n) is 2.24. The topological polar surface area (TPSA) is 58.9 Å². The first-order valence-electron chi connectivity index (χ1n) is 4.80. The normalized spacial score (nSPS) is 10.9. The fourth-order valence-corrected chi connectivity index (χ4v) is 2.54. The van der Waals surface area contributed by atoms with Gasteiger partial charge in [-0.15, -0.1) is 0 Å². The summed E-state index contributed by atoms with van der Waals surface area (Å²) in [5, 5.41) is 11.0. The van der Waals surface area contributed by atoms with Gasteiger partial charge >= 0.3 is 0 Å². The maximum absolute atomic E-state index is 9.78. The van der Waals surface area contributed by atoms with Gasteiger partial charge in [0.05, 0.1) is 5.56 Å². The summed E-state index contributed by atoms with van der Waals surface area (Å²) in [4.78, 5) is 13.3. The number of halogens is 1. The van der Waals surface area contributed by atoms with Crippen LogP contribution in [0.5, 0.6) is 5.75 Å². The molecule has 4 nitrogen and oxygen atoms in total. The van der Waals surface area contributed by atoms with E-state index < -0.39 is 0 Å². The second-order valence-corrected chi connectivity index (χ2v) is 4.78. The minimum Gasteiger partial charge on any atom is -0.507 e. The largest absolute Gasteiger partial charge is 0.507 e. The van der Waals surface area contributed by atoms with Gasteiger partial charge in [-0.1, -0.05) is 22.9 Å². The van der Waals surface area contributed by atoms with E-state index in [0.29, 0.717) is 21.2 Å². The van der Waals surface area contributed by atoms with Crippen LogP contribution in [0.1, 0.15) is 0 Å². The number of hydrogen-bond donors (Lipinski definition) is 1. The number of nitrogens with zero attached hydrogens (tertiary/aromatic N) is 3. The first kappa shape index (κ1) is 10.4. The van der Waals surface area contributed by atoms with Crippen LogP contribution in [0, 0.1) is 0 Å². The summed E-state index contributed by atoms with van der Waals surface area (Å²) < 4.78 is 0. The van der Waals surface area contributed by atoms with E-state index >= 15 is 0 Å². The van der Waals surface area contributed by atoms with Crippen LogP contribution in [0.15, 0.2) is 30.6 Å². The maximum atomic E-state index is 9.78. The fourth-order valence-electron chi connectivity index (χ4n) is 1.47. The first-order valence-corrected chi connectivity index (χ1v) is 6.00. The van der Waals surface area contributed by atoms with Crippen LogP contribution in [-0.2, 0) is 0 Å². The zero-order valence-corrected chi connectivity index (χ0v) is 10.0. The summed E-state index contributed by atoms with van der Waals surface area (Å²) in [6.45, 7) is 0. The maximum Gasteiger partial charge on any atom is 0.190 e. The van der Waals surface area contributed by atoms with Gasteiger partial charge in [-0.05, 0) is 18.2 Å². The lowest BCUT2D eigenvalue weighted by Gasteiger charge is -2.00. The summed E-state index contributed by atoms with van der Waals surface area (Å²) in [5.41, 5.74) is 1.18. The molecule has 0 aliphatic carbocycles. The third-order valence-corrected chi connectivity index (χ3v) is 3.46. The Hall–Kier alpha value is -1.72. The predicted molar refractivity (Wildman–Crippen MR) is 67.3 cm³/mol. The predicted octanol–water partition coefficient (Wildman–Crippen LogP) is 3.11. The number of phenols is 1. The number of aromatic nitrogens is 3. The molecule has 0 aliphatic rings. The lowest BCUT2D eigenvalue weighted by atomic mass is 10.2. The second-order valence-electron chi connectivity index (χ2n) is 3.37. The van der Waals surface area contributed by atoms with Crippen molar-refractivity contribution >= 4 is 33.4 Å². The molecule has 84 valence electrons. The molecule has 0 saturated heterocycles. The molecule has 3 rings (SSSR count). The van der Waals surface area contributed by atoms with Gasteiger partial charge in [-0.25, -0.2) is 15.0 Å². The molecular weight excluding hydrogens is 258 g/mol. The van der Waals surface area contributed by atoms with Crippen molar-refractivity contribution in [1.82, 2.24) is 15.0 Å². The molecule has 0 aliphatic heterocycles. The Balaban J connectivity index is 2.23. The van der Waals surface area contributed by atoms with E-state index in [0.717, 1.165) is 4.83 Å². The Morgan fingerprint density at radius 3 is 2.82 bits per heavy atom. The zero-order chi connectivity index (χ0) is 11.8. The number of benzene rings is 1. The van der Waals surface area contributed by atoms with Gasteiger partial charge in [0.1, 0.15) is 10.8 Å². The minimum absolute atomic E-state index is 0.147. The molecule has 0 saturated carbocycles. The molecule has 0 radical (unpaired) electrons. The SMILES string of the molecule is Oc1ccc(Cl)cc1-c1nc2nccnc2s1. The van der Waals surface area contributed by atoms with Crippen LogP contribution >= 0.6 is 22.9 Å². The summed E-state index contributed by atoms with van der Waals surface area (Å²) in [6.07, 6.45) is 3.20. The molecule has 0 unspecified atom stereocenters. The summed E-state index contributed by atoms with van der Waals surface area (Å²) in [5.74, 6) is 0.147. The molecule has 0 amide bonds. The van der Waals surface area contributed by atoms with Gasteiger partial charge in [0, 0.05) is 17.4 Å². The molecule has 1 N–H and O–H groups in total. The highest BCUT2D eigenvalue weighted by Gasteiger charge is 2.11. The van der Waals surface area contributed by atoms with E-state index in [1.54, 1.807) is 30.6 Å². The highest BCUT2D eigenvalue weighted by Crippen LogP contribution is 2.35. The molecule has 0 spiro atoms. The molecule has 3 aromatic rings.